The highest BCUT2D eigenvalue weighted by atomic mass is 16.2. The third kappa shape index (κ3) is 3.56. The summed E-state index contributed by atoms with van der Waals surface area (Å²) in [5, 5.41) is 3.28. The molecule has 0 radical (unpaired) electrons. The van der Waals surface area contributed by atoms with Crippen LogP contribution in [0.25, 0.3) is 0 Å². The zero-order valence-electron chi connectivity index (χ0n) is 13.4. The maximum atomic E-state index is 12.5. The van der Waals surface area contributed by atoms with Crippen LogP contribution in [0.15, 0.2) is 24.3 Å². The molecule has 4 nitrogen and oxygen atoms in total. The Kier molecular flexibility index (Phi) is 5.62. The smallest absolute Gasteiger partial charge is 0.244 e. The first kappa shape index (κ1) is 15.8. The lowest BCUT2D eigenvalue weighted by atomic mass is 10.0. The van der Waals surface area contributed by atoms with Gasteiger partial charge in [0.2, 0.25) is 5.91 Å². The summed E-state index contributed by atoms with van der Waals surface area (Å²) < 4.78 is 0. The summed E-state index contributed by atoms with van der Waals surface area (Å²) in [5.41, 5.74) is 2.23. The molecule has 4 heteroatoms. The normalized spacial score (nSPS) is 18.9. The molecule has 116 valence electrons. The zero-order valence-corrected chi connectivity index (χ0v) is 13.4. The van der Waals surface area contributed by atoms with E-state index in [0.717, 1.165) is 44.7 Å². The zero-order chi connectivity index (χ0) is 15.2. The summed E-state index contributed by atoms with van der Waals surface area (Å²) in [7, 11) is 0. The van der Waals surface area contributed by atoms with Crippen molar-refractivity contribution in [1.82, 2.24) is 5.32 Å². The number of anilines is 2. The molecule has 0 aromatic heterocycles. The molecule has 1 fully saturated rings. The fourth-order valence-corrected chi connectivity index (χ4v) is 3.00. The summed E-state index contributed by atoms with van der Waals surface area (Å²) in [4.78, 5) is 16.7. The minimum absolute atomic E-state index is 0.0220. The Labute approximate surface area is 128 Å². The molecule has 1 saturated heterocycles. The van der Waals surface area contributed by atoms with Crippen LogP contribution in [-0.2, 0) is 4.79 Å². The van der Waals surface area contributed by atoms with E-state index in [1.165, 1.54) is 5.69 Å². The van der Waals surface area contributed by atoms with Crippen molar-refractivity contribution in [1.29, 1.82) is 0 Å². The number of amides is 1. The molecule has 1 aliphatic heterocycles. The molecule has 1 aliphatic rings. The number of nitrogens with zero attached hydrogens (tertiary/aromatic N) is 2. The third-order valence-electron chi connectivity index (χ3n) is 4.18. The molecular weight excluding hydrogens is 262 g/mol. The van der Waals surface area contributed by atoms with Crippen LogP contribution in [0.1, 0.15) is 33.6 Å². The lowest BCUT2D eigenvalue weighted by Crippen LogP contribution is -2.50. The SMILES string of the molecule is CCNC1CCCN(c2ccc(N(CC)CC)cc2)C1=O. The van der Waals surface area contributed by atoms with Gasteiger partial charge in [0.1, 0.15) is 0 Å². The molecule has 0 saturated carbocycles. The number of carbonyl (C=O) groups excluding carboxylic acids is 1. The van der Waals surface area contributed by atoms with Crippen molar-refractivity contribution in [3.63, 3.8) is 0 Å². The van der Waals surface area contributed by atoms with E-state index < -0.39 is 0 Å². The average molecular weight is 289 g/mol. The fourth-order valence-electron chi connectivity index (χ4n) is 3.00. The summed E-state index contributed by atoms with van der Waals surface area (Å²) in [6.45, 7) is 10.0. The minimum atomic E-state index is -0.0220. The van der Waals surface area contributed by atoms with Crippen molar-refractivity contribution < 1.29 is 4.79 Å². The van der Waals surface area contributed by atoms with E-state index in [1.807, 2.05) is 11.8 Å². The molecule has 0 spiro atoms. The van der Waals surface area contributed by atoms with Gasteiger partial charge >= 0.3 is 0 Å². The summed E-state index contributed by atoms with van der Waals surface area (Å²) in [5.74, 6) is 0.207. The third-order valence-corrected chi connectivity index (χ3v) is 4.18. The van der Waals surface area contributed by atoms with Crippen molar-refractivity contribution in [2.45, 2.75) is 39.7 Å². The number of carbonyl (C=O) groups is 1. The van der Waals surface area contributed by atoms with Gasteiger partial charge in [-0.1, -0.05) is 6.92 Å². The molecule has 1 amide bonds. The van der Waals surface area contributed by atoms with Crippen LogP contribution in [-0.4, -0.2) is 38.1 Å². The Balaban J connectivity index is 2.12. The molecule has 0 bridgehead atoms. The molecule has 1 aromatic carbocycles. The van der Waals surface area contributed by atoms with Crippen molar-refractivity contribution in [2.75, 3.05) is 36.0 Å². The van der Waals surface area contributed by atoms with Gasteiger partial charge in [0.15, 0.2) is 0 Å². The fraction of sp³-hybridized carbons (Fsp3) is 0.588. The van der Waals surface area contributed by atoms with Gasteiger partial charge in [0.05, 0.1) is 6.04 Å². The summed E-state index contributed by atoms with van der Waals surface area (Å²) in [6.07, 6.45) is 2.00. The molecule has 1 unspecified atom stereocenters. The van der Waals surface area contributed by atoms with E-state index in [2.05, 4.69) is 48.3 Å². The predicted octanol–water partition coefficient (Wildman–Crippen LogP) is 2.64. The van der Waals surface area contributed by atoms with Gasteiger partial charge in [0.25, 0.3) is 0 Å². The van der Waals surface area contributed by atoms with E-state index in [9.17, 15) is 4.79 Å². The molecule has 1 atom stereocenters. The topological polar surface area (TPSA) is 35.6 Å². The Hall–Kier alpha value is -1.55. The van der Waals surface area contributed by atoms with E-state index in [1.54, 1.807) is 0 Å². The van der Waals surface area contributed by atoms with Crippen molar-refractivity contribution in [2.24, 2.45) is 0 Å². The molecule has 0 aliphatic carbocycles. The summed E-state index contributed by atoms with van der Waals surface area (Å²) in [6, 6.07) is 8.35. The van der Waals surface area contributed by atoms with Crippen LogP contribution in [0.3, 0.4) is 0 Å². The van der Waals surface area contributed by atoms with Gasteiger partial charge in [0, 0.05) is 31.0 Å². The lowest BCUT2D eigenvalue weighted by Gasteiger charge is -2.33. The lowest BCUT2D eigenvalue weighted by molar-refractivity contribution is -0.121. The first-order valence-corrected chi connectivity index (χ1v) is 8.11. The van der Waals surface area contributed by atoms with E-state index in [0.29, 0.717) is 0 Å². The van der Waals surface area contributed by atoms with E-state index >= 15 is 0 Å². The quantitative estimate of drug-likeness (QED) is 0.874. The van der Waals surface area contributed by atoms with Crippen molar-refractivity contribution in [3.05, 3.63) is 24.3 Å². The highest BCUT2D eigenvalue weighted by molar-refractivity contribution is 5.98. The Bertz CT molecular complexity index is 452. The van der Waals surface area contributed by atoms with Gasteiger partial charge in [-0.3, -0.25) is 4.79 Å². The molecule has 1 N–H and O–H groups in total. The van der Waals surface area contributed by atoms with E-state index in [4.69, 9.17) is 0 Å². The van der Waals surface area contributed by atoms with Gasteiger partial charge in [-0.15, -0.1) is 0 Å². The number of hydrogen-bond acceptors (Lipinski definition) is 3. The predicted molar refractivity (Wildman–Crippen MR) is 89.1 cm³/mol. The highest BCUT2D eigenvalue weighted by Crippen LogP contribution is 2.24. The van der Waals surface area contributed by atoms with Gasteiger partial charge < -0.3 is 15.1 Å². The summed E-state index contributed by atoms with van der Waals surface area (Å²) >= 11 is 0. The second-order valence-electron chi connectivity index (χ2n) is 5.43. The molecule has 1 aromatic rings. The van der Waals surface area contributed by atoms with Gasteiger partial charge in [-0.2, -0.15) is 0 Å². The Morgan fingerprint density at radius 3 is 2.43 bits per heavy atom. The van der Waals surface area contributed by atoms with Crippen molar-refractivity contribution >= 4 is 17.3 Å². The number of piperidine rings is 1. The molecular formula is C17H27N3O. The first-order valence-electron chi connectivity index (χ1n) is 8.11. The second kappa shape index (κ2) is 7.46. The maximum absolute atomic E-state index is 12.5. The number of benzene rings is 1. The number of rotatable bonds is 6. The second-order valence-corrected chi connectivity index (χ2v) is 5.43. The van der Waals surface area contributed by atoms with E-state index in [-0.39, 0.29) is 11.9 Å². The van der Waals surface area contributed by atoms with Crippen LogP contribution < -0.4 is 15.1 Å². The first-order chi connectivity index (χ1) is 10.2. The monoisotopic (exact) mass is 289 g/mol. The maximum Gasteiger partial charge on any atom is 0.244 e. The highest BCUT2D eigenvalue weighted by Gasteiger charge is 2.28. The van der Waals surface area contributed by atoms with Crippen molar-refractivity contribution in [3.8, 4) is 0 Å². The van der Waals surface area contributed by atoms with Crippen LogP contribution in [0, 0.1) is 0 Å². The molecule has 2 rings (SSSR count). The van der Waals surface area contributed by atoms with Gasteiger partial charge in [-0.25, -0.2) is 0 Å². The standard InChI is InChI=1S/C17H27N3O/c1-4-18-16-8-7-13-20(17(16)21)15-11-9-14(10-12-15)19(5-2)6-3/h9-12,16,18H,4-8,13H2,1-3H3. The Morgan fingerprint density at radius 1 is 1.19 bits per heavy atom. The minimum Gasteiger partial charge on any atom is -0.372 e. The van der Waals surface area contributed by atoms with Crippen LogP contribution in [0.4, 0.5) is 11.4 Å². The van der Waals surface area contributed by atoms with Crippen LogP contribution in [0.2, 0.25) is 0 Å². The van der Waals surface area contributed by atoms with Crippen LogP contribution in [0.5, 0.6) is 0 Å². The molecule has 1 heterocycles. The largest absolute Gasteiger partial charge is 0.372 e. The number of hydrogen-bond donors (Lipinski definition) is 1. The van der Waals surface area contributed by atoms with Crippen LogP contribution >= 0.6 is 0 Å². The number of nitrogens with one attached hydrogen (secondary N) is 1. The number of likely N-dealkylation sites (N-methyl/N-ethyl adjacent to an activating group) is 1. The Morgan fingerprint density at radius 2 is 1.86 bits per heavy atom. The average Bonchev–Trinajstić information content (AvgIpc) is 2.52. The molecule has 21 heavy (non-hydrogen) atoms. The van der Waals surface area contributed by atoms with Gasteiger partial charge in [-0.05, 0) is 57.5 Å².